The molecule has 184 valence electrons. The van der Waals surface area contributed by atoms with Crippen molar-refractivity contribution >= 4 is 23.6 Å². The van der Waals surface area contributed by atoms with E-state index >= 15 is 0 Å². The molecule has 0 aliphatic carbocycles. The van der Waals surface area contributed by atoms with Crippen LogP contribution in [0.1, 0.15) is 28.8 Å². The van der Waals surface area contributed by atoms with Crippen molar-refractivity contribution in [1.29, 1.82) is 0 Å². The van der Waals surface area contributed by atoms with Crippen LogP contribution in [-0.2, 0) is 19.8 Å². The van der Waals surface area contributed by atoms with E-state index in [2.05, 4.69) is 0 Å². The van der Waals surface area contributed by atoms with E-state index in [1.54, 1.807) is 65.4 Å². The lowest BCUT2D eigenvalue weighted by Crippen LogP contribution is -2.52. The SMILES string of the molecule is COc1ccc(C(=O)N2CCN(C(=O)C[C@@]3(c4cccc(OC)c4)CC(=O)N(C)C3=O)CC2)cc1. The lowest BCUT2D eigenvalue weighted by atomic mass is 9.75. The quantitative estimate of drug-likeness (QED) is 0.586. The second-order valence-electron chi connectivity index (χ2n) is 8.83. The molecule has 0 radical (unpaired) electrons. The summed E-state index contributed by atoms with van der Waals surface area (Å²) >= 11 is 0. The number of nitrogens with zero attached hydrogens (tertiary/aromatic N) is 3. The molecule has 2 aromatic rings. The second-order valence-corrected chi connectivity index (χ2v) is 8.83. The molecule has 2 heterocycles. The number of amides is 4. The summed E-state index contributed by atoms with van der Waals surface area (Å²) < 4.78 is 10.4. The summed E-state index contributed by atoms with van der Waals surface area (Å²) in [6.45, 7) is 1.48. The molecule has 0 aromatic heterocycles. The molecule has 2 aliphatic heterocycles. The number of likely N-dealkylation sites (N-methyl/N-ethyl adjacent to an activating group) is 1. The number of methoxy groups -OCH3 is 2. The zero-order chi connectivity index (χ0) is 25.2. The summed E-state index contributed by atoms with van der Waals surface area (Å²) in [5.74, 6) is 0.187. The van der Waals surface area contributed by atoms with Crippen LogP contribution in [0.4, 0.5) is 0 Å². The summed E-state index contributed by atoms with van der Waals surface area (Å²) in [7, 11) is 4.54. The van der Waals surface area contributed by atoms with Gasteiger partial charge in [0.2, 0.25) is 17.7 Å². The Balaban J connectivity index is 1.47. The largest absolute Gasteiger partial charge is 0.497 e. The Kier molecular flexibility index (Phi) is 6.77. The van der Waals surface area contributed by atoms with E-state index in [0.29, 0.717) is 48.8 Å². The lowest BCUT2D eigenvalue weighted by Gasteiger charge is -2.36. The maximum absolute atomic E-state index is 13.4. The number of imide groups is 1. The van der Waals surface area contributed by atoms with Crippen molar-refractivity contribution in [3.8, 4) is 11.5 Å². The van der Waals surface area contributed by atoms with Crippen molar-refractivity contribution in [1.82, 2.24) is 14.7 Å². The summed E-state index contributed by atoms with van der Waals surface area (Å²) in [4.78, 5) is 56.4. The summed E-state index contributed by atoms with van der Waals surface area (Å²) in [6, 6.07) is 13.9. The van der Waals surface area contributed by atoms with Gasteiger partial charge in [-0.05, 0) is 42.0 Å². The number of ether oxygens (including phenoxy) is 2. The maximum Gasteiger partial charge on any atom is 0.253 e. The minimum Gasteiger partial charge on any atom is -0.497 e. The number of rotatable bonds is 6. The van der Waals surface area contributed by atoms with Crippen molar-refractivity contribution < 1.29 is 28.7 Å². The normalized spacial score (nSPS) is 20.3. The van der Waals surface area contributed by atoms with Crippen molar-refractivity contribution in [3.05, 3.63) is 59.7 Å². The Hall–Kier alpha value is -3.88. The van der Waals surface area contributed by atoms with Crippen LogP contribution in [0, 0.1) is 0 Å². The number of hydrogen-bond acceptors (Lipinski definition) is 6. The zero-order valence-corrected chi connectivity index (χ0v) is 20.2. The number of carbonyl (C=O) groups excluding carboxylic acids is 4. The summed E-state index contributed by atoms with van der Waals surface area (Å²) in [5, 5.41) is 0. The number of hydrogen-bond donors (Lipinski definition) is 0. The third kappa shape index (κ3) is 4.58. The molecule has 2 aliphatic rings. The van der Waals surface area contributed by atoms with Crippen LogP contribution in [0.5, 0.6) is 11.5 Å². The van der Waals surface area contributed by atoms with E-state index in [1.807, 2.05) is 0 Å². The predicted molar refractivity (Wildman–Crippen MR) is 127 cm³/mol. The maximum atomic E-state index is 13.4. The first-order valence-electron chi connectivity index (χ1n) is 11.5. The molecule has 35 heavy (non-hydrogen) atoms. The van der Waals surface area contributed by atoms with Gasteiger partial charge < -0.3 is 19.3 Å². The van der Waals surface area contributed by atoms with Gasteiger partial charge in [-0.3, -0.25) is 24.1 Å². The summed E-state index contributed by atoms with van der Waals surface area (Å²) in [5.41, 5.74) is -0.130. The molecule has 0 unspecified atom stereocenters. The van der Waals surface area contributed by atoms with Gasteiger partial charge >= 0.3 is 0 Å². The Bertz CT molecular complexity index is 1140. The minimum atomic E-state index is -1.27. The van der Waals surface area contributed by atoms with Gasteiger partial charge in [0, 0.05) is 51.6 Å². The van der Waals surface area contributed by atoms with Gasteiger partial charge in [-0.1, -0.05) is 12.1 Å². The van der Waals surface area contributed by atoms with Gasteiger partial charge in [0.25, 0.3) is 5.91 Å². The fourth-order valence-electron chi connectivity index (χ4n) is 4.72. The van der Waals surface area contributed by atoms with Gasteiger partial charge in [0.1, 0.15) is 11.5 Å². The molecule has 0 N–H and O–H groups in total. The molecule has 0 spiro atoms. The molecule has 2 aromatic carbocycles. The van der Waals surface area contributed by atoms with E-state index in [0.717, 1.165) is 4.90 Å². The monoisotopic (exact) mass is 479 g/mol. The highest BCUT2D eigenvalue weighted by Crippen LogP contribution is 2.41. The van der Waals surface area contributed by atoms with Crippen molar-refractivity contribution in [2.75, 3.05) is 47.4 Å². The molecule has 2 fully saturated rings. The fraction of sp³-hybridized carbons (Fsp3) is 0.385. The van der Waals surface area contributed by atoms with Gasteiger partial charge in [-0.2, -0.15) is 0 Å². The lowest BCUT2D eigenvalue weighted by molar-refractivity contribution is -0.142. The van der Waals surface area contributed by atoms with E-state index in [1.165, 1.54) is 14.2 Å². The van der Waals surface area contributed by atoms with Crippen molar-refractivity contribution in [2.45, 2.75) is 18.3 Å². The Morgan fingerprint density at radius 1 is 0.886 bits per heavy atom. The van der Waals surface area contributed by atoms with Crippen LogP contribution in [0.15, 0.2) is 48.5 Å². The van der Waals surface area contributed by atoms with Crippen LogP contribution in [-0.4, -0.2) is 85.8 Å². The van der Waals surface area contributed by atoms with Gasteiger partial charge in [-0.15, -0.1) is 0 Å². The molecular formula is C26H29N3O6. The topological polar surface area (TPSA) is 96.5 Å². The predicted octanol–water partition coefficient (Wildman–Crippen LogP) is 1.71. The van der Waals surface area contributed by atoms with Crippen LogP contribution in [0.3, 0.4) is 0 Å². The van der Waals surface area contributed by atoms with Crippen LogP contribution < -0.4 is 9.47 Å². The average molecular weight is 480 g/mol. The van der Waals surface area contributed by atoms with Crippen LogP contribution >= 0.6 is 0 Å². The number of piperazine rings is 1. The number of likely N-dealkylation sites (tertiary alicyclic amines) is 1. The van der Waals surface area contributed by atoms with Crippen molar-refractivity contribution in [3.63, 3.8) is 0 Å². The zero-order valence-electron chi connectivity index (χ0n) is 20.2. The van der Waals surface area contributed by atoms with Crippen LogP contribution in [0.2, 0.25) is 0 Å². The number of benzene rings is 2. The minimum absolute atomic E-state index is 0.0723. The molecule has 1 atom stereocenters. The molecule has 9 heteroatoms. The fourth-order valence-corrected chi connectivity index (χ4v) is 4.72. The van der Waals surface area contributed by atoms with Crippen LogP contribution in [0.25, 0.3) is 0 Å². The first-order valence-corrected chi connectivity index (χ1v) is 11.5. The smallest absolute Gasteiger partial charge is 0.253 e. The molecule has 0 saturated carbocycles. The first-order chi connectivity index (χ1) is 16.8. The van der Waals surface area contributed by atoms with Gasteiger partial charge in [0.05, 0.1) is 19.6 Å². The molecular weight excluding hydrogens is 450 g/mol. The van der Waals surface area contributed by atoms with Crippen molar-refractivity contribution in [2.24, 2.45) is 0 Å². The van der Waals surface area contributed by atoms with E-state index in [-0.39, 0.29) is 30.6 Å². The molecule has 4 amide bonds. The van der Waals surface area contributed by atoms with Gasteiger partial charge in [0.15, 0.2) is 0 Å². The number of carbonyl (C=O) groups is 4. The first kappa shape index (κ1) is 24.3. The van der Waals surface area contributed by atoms with E-state index < -0.39 is 11.3 Å². The highest BCUT2D eigenvalue weighted by molar-refractivity contribution is 6.10. The molecule has 9 nitrogen and oxygen atoms in total. The Morgan fingerprint density at radius 2 is 1.51 bits per heavy atom. The average Bonchev–Trinajstić information content (AvgIpc) is 3.12. The van der Waals surface area contributed by atoms with E-state index in [9.17, 15) is 19.2 Å². The molecule has 0 bridgehead atoms. The highest BCUT2D eigenvalue weighted by atomic mass is 16.5. The van der Waals surface area contributed by atoms with Gasteiger partial charge in [-0.25, -0.2) is 0 Å². The Labute approximate surface area is 204 Å². The summed E-state index contributed by atoms with van der Waals surface area (Å²) in [6.07, 6.45) is -0.196. The van der Waals surface area contributed by atoms with E-state index in [4.69, 9.17) is 9.47 Å². The third-order valence-corrected chi connectivity index (χ3v) is 6.87. The third-order valence-electron chi connectivity index (χ3n) is 6.87. The Morgan fingerprint density at radius 3 is 2.09 bits per heavy atom. The highest BCUT2D eigenvalue weighted by Gasteiger charge is 2.53. The molecule has 4 rings (SSSR count). The standard InChI is InChI=1S/C26H29N3O6/c1-27-22(30)16-26(25(27)33,19-5-4-6-21(15-19)35-3)17-23(31)28-11-13-29(14-12-28)24(32)18-7-9-20(34-2)10-8-18/h4-10,15H,11-14,16-17H2,1-3H3/t26-/m1/s1. The molecule has 2 saturated heterocycles. The second kappa shape index (κ2) is 9.77.